The Labute approximate surface area is 97.8 Å². The van der Waals surface area contributed by atoms with Gasteiger partial charge in [-0.25, -0.2) is 0 Å². The van der Waals surface area contributed by atoms with Crippen molar-refractivity contribution < 1.29 is 9.47 Å². The van der Waals surface area contributed by atoms with Gasteiger partial charge in [0, 0.05) is 14.2 Å². The fourth-order valence-electron chi connectivity index (χ4n) is 1.44. The highest BCUT2D eigenvalue weighted by molar-refractivity contribution is 6.03. The van der Waals surface area contributed by atoms with Gasteiger partial charge in [0.25, 0.3) is 0 Å². The van der Waals surface area contributed by atoms with Crippen molar-refractivity contribution in [3.05, 3.63) is 0 Å². The smallest absolute Gasteiger partial charge is 0.102 e. The standard InChI is InChI=1S/C12H22N2O2/c1-11(2,15-5)9-7-14-10(8-13-9)12(3,4)16-6/h7-8H2,1-6H3. The van der Waals surface area contributed by atoms with Crippen LogP contribution in [0.25, 0.3) is 0 Å². The molecule has 0 unspecified atom stereocenters. The first kappa shape index (κ1) is 13.3. The number of rotatable bonds is 4. The van der Waals surface area contributed by atoms with Gasteiger partial charge >= 0.3 is 0 Å². The molecule has 1 rings (SSSR count). The molecule has 16 heavy (non-hydrogen) atoms. The molecule has 0 aliphatic carbocycles. The summed E-state index contributed by atoms with van der Waals surface area (Å²) in [5, 5.41) is 0. The van der Waals surface area contributed by atoms with E-state index < -0.39 is 0 Å². The maximum atomic E-state index is 5.39. The first-order chi connectivity index (χ1) is 7.33. The third-order valence-electron chi connectivity index (χ3n) is 3.25. The second kappa shape index (κ2) is 4.63. The van der Waals surface area contributed by atoms with Crippen molar-refractivity contribution in [3.8, 4) is 0 Å². The van der Waals surface area contributed by atoms with Crippen molar-refractivity contribution in [2.45, 2.75) is 38.9 Å². The normalized spacial score (nSPS) is 18.1. The number of ether oxygens (including phenoxy) is 2. The Morgan fingerprint density at radius 3 is 1.31 bits per heavy atom. The van der Waals surface area contributed by atoms with Gasteiger partial charge in [0.15, 0.2) is 0 Å². The fraction of sp³-hybridized carbons (Fsp3) is 0.833. The first-order valence-corrected chi connectivity index (χ1v) is 5.51. The van der Waals surface area contributed by atoms with Crippen LogP contribution in [-0.4, -0.2) is 49.9 Å². The number of nitrogens with zero attached hydrogens (tertiary/aromatic N) is 2. The summed E-state index contributed by atoms with van der Waals surface area (Å²) in [6, 6.07) is 0. The molecule has 0 amide bonds. The fourth-order valence-corrected chi connectivity index (χ4v) is 1.44. The molecule has 4 nitrogen and oxygen atoms in total. The Morgan fingerprint density at radius 1 is 0.812 bits per heavy atom. The summed E-state index contributed by atoms with van der Waals surface area (Å²) in [5.74, 6) is 0. The number of hydrogen-bond donors (Lipinski definition) is 0. The SMILES string of the molecule is COC(C)(C)C1=NCC(C(C)(C)OC)=NC1. The number of aliphatic imine (C=N–C) groups is 2. The predicted molar refractivity (Wildman–Crippen MR) is 66.8 cm³/mol. The highest BCUT2D eigenvalue weighted by Crippen LogP contribution is 2.18. The molecular weight excluding hydrogens is 204 g/mol. The molecule has 0 aromatic carbocycles. The van der Waals surface area contributed by atoms with Crippen LogP contribution in [-0.2, 0) is 9.47 Å². The minimum absolute atomic E-state index is 0.327. The van der Waals surface area contributed by atoms with Crippen LogP contribution in [0.15, 0.2) is 9.98 Å². The van der Waals surface area contributed by atoms with Crippen LogP contribution >= 0.6 is 0 Å². The van der Waals surface area contributed by atoms with Crippen LogP contribution in [0.4, 0.5) is 0 Å². The lowest BCUT2D eigenvalue weighted by molar-refractivity contribution is 0.0779. The minimum atomic E-state index is -0.327. The van der Waals surface area contributed by atoms with E-state index in [2.05, 4.69) is 9.98 Å². The number of hydrogen-bond acceptors (Lipinski definition) is 4. The Bertz CT molecular complexity index is 285. The highest BCUT2D eigenvalue weighted by atomic mass is 16.5. The van der Waals surface area contributed by atoms with Gasteiger partial charge in [0.05, 0.1) is 24.5 Å². The second-order valence-electron chi connectivity index (χ2n) is 4.95. The second-order valence-corrected chi connectivity index (χ2v) is 4.95. The Kier molecular flexibility index (Phi) is 3.86. The van der Waals surface area contributed by atoms with Crippen LogP contribution in [0.1, 0.15) is 27.7 Å². The summed E-state index contributed by atoms with van der Waals surface area (Å²) in [6.45, 7) is 9.23. The van der Waals surface area contributed by atoms with Crippen LogP contribution in [0, 0.1) is 0 Å². The minimum Gasteiger partial charge on any atom is -0.373 e. The van der Waals surface area contributed by atoms with Crippen LogP contribution in [0.2, 0.25) is 0 Å². The molecule has 1 aliphatic heterocycles. The maximum absolute atomic E-state index is 5.39. The summed E-state index contributed by atoms with van der Waals surface area (Å²) in [5.41, 5.74) is 1.33. The topological polar surface area (TPSA) is 43.2 Å². The van der Waals surface area contributed by atoms with Gasteiger partial charge in [0.2, 0.25) is 0 Å². The van der Waals surface area contributed by atoms with E-state index in [1.54, 1.807) is 14.2 Å². The molecule has 0 aromatic heterocycles. The summed E-state index contributed by atoms with van der Waals surface area (Å²) < 4.78 is 10.8. The van der Waals surface area contributed by atoms with Crippen molar-refractivity contribution >= 4 is 11.4 Å². The van der Waals surface area contributed by atoms with E-state index in [9.17, 15) is 0 Å². The van der Waals surface area contributed by atoms with Crippen molar-refractivity contribution in [3.63, 3.8) is 0 Å². The molecule has 0 aromatic rings. The lowest BCUT2D eigenvalue weighted by Gasteiger charge is -2.30. The zero-order chi connectivity index (χ0) is 12.4. The lowest BCUT2D eigenvalue weighted by atomic mass is 9.97. The third kappa shape index (κ3) is 2.68. The molecular formula is C12H22N2O2. The van der Waals surface area contributed by atoms with E-state index in [1.165, 1.54) is 0 Å². The average molecular weight is 226 g/mol. The van der Waals surface area contributed by atoms with E-state index in [1.807, 2.05) is 27.7 Å². The molecule has 1 heterocycles. The molecule has 0 saturated heterocycles. The Hall–Kier alpha value is -0.740. The van der Waals surface area contributed by atoms with Gasteiger partial charge in [-0.15, -0.1) is 0 Å². The third-order valence-corrected chi connectivity index (χ3v) is 3.25. The zero-order valence-corrected chi connectivity index (χ0v) is 11.1. The van der Waals surface area contributed by atoms with E-state index >= 15 is 0 Å². The van der Waals surface area contributed by atoms with Crippen LogP contribution in [0.3, 0.4) is 0 Å². The van der Waals surface area contributed by atoms with Crippen molar-refractivity contribution in [2.24, 2.45) is 9.98 Å². The summed E-state index contributed by atoms with van der Waals surface area (Å²) in [6.07, 6.45) is 0. The summed E-state index contributed by atoms with van der Waals surface area (Å²) in [7, 11) is 3.39. The largest absolute Gasteiger partial charge is 0.373 e. The van der Waals surface area contributed by atoms with E-state index in [0.29, 0.717) is 13.1 Å². The predicted octanol–water partition coefficient (Wildman–Crippen LogP) is 1.73. The summed E-state index contributed by atoms with van der Waals surface area (Å²) in [4.78, 5) is 9.10. The molecule has 0 radical (unpaired) electrons. The van der Waals surface area contributed by atoms with E-state index in [-0.39, 0.29) is 11.2 Å². The van der Waals surface area contributed by atoms with Crippen LogP contribution < -0.4 is 0 Å². The molecule has 0 atom stereocenters. The van der Waals surface area contributed by atoms with Gasteiger partial charge in [-0.1, -0.05) is 0 Å². The quantitative estimate of drug-likeness (QED) is 0.732. The molecule has 92 valence electrons. The van der Waals surface area contributed by atoms with Gasteiger partial charge in [-0.3, -0.25) is 9.98 Å². The molecule has 0 fully saturated rings. The van der Waals surface area contributed by atoms with Gasteiger partial charge < -0.3 is 9.47 Å². The Balaban J connectivity index is 2.74. The summed E-state index contributed by atoms with van der Waals surface area (Å²) >= 11 is 0. The molecule has 0 N–H and O–H groups in total. The van der Waals surface area contributed by atoms with E-state index in [0.717, 1.165) is 11.4 Å². The van der Waals surface area contributed by atoms with Gasteiger partial charge in [-0.05, 0) is 27.7 Å². The molecule has 0 spiro atoms. The molecule has 0 bridgehead atoms. The maximum Gasteiger partial charge on any atom is 0.102 e. The highest BCUT2D eigenvalue weighted by Gasteiger charge is 2.30. The first-order valence-electron chi connectivity index (χ1n) is 5.51. The monoisotopic (exact) mass is 226 g/mol. The van der Waals surface area contributed by atoms with Crippen LogP contribution in [0.5, 0.6) is 0 Å². The van der Waals surface area contributed by atoms with Crippen molar-refractivity contribution in [2.75, 3.05) is 27.3 Å². The number of methoxy groups -OCH3 is 2. The average Bonchev–Trinajstić information content (AvgIpc) is 2.29. The van der Waals surface area contributed by atoms with Gasteiger partial charge in [0.1, 0.15) is 11.2 Å². The van der Waals surface area contributed by atoms with Crippen molar-refractivity contribution in [1.29, 1.82) is 0 Å². The Morgan fingerprint density at radius 2 is 1.12 bits per heavy atom. The van der Waals surface area contributed by atoms with Crippen molar-refractivity contribution in [1.82, 2.24) is 0 Å². The zero-order valence-electron chi connectivity index (χ0n) is 11.1. The lowest BCUT2D eigenvalue weighted by Crippen LogP contribution is -2.43. The van der Waals surface area contributed by atoms with Gasteiger partial charge in [-0.2, -0.15) is 0 Å². The van der Waals surface area contributed by atoms with E-state index in [4.69, 9.17) is 9.47 Å². The molecule has 0 saturated carbocycles. The molecule has 1 aliphatic rings. The molecule has 4 heteroatoms.